The summed E-state index contributed by atoms with van der Waals surface area (Å²) in [5.74, 6) is 0.262. The number of nitrogens with zero attached hydrogens (tertiary/aromatic N) is 4. The van der Waals surface area contributed by atoms with Crippen molar-refractivity contribution in [3.63, 3.8) is 0 Å². The Hall–Kier alpha value is -3.31. The molecule has 1 saturated carbocycles. The molecule has 8 nitrogen and oxygen atoms in total. The molecule has 0 unspecified atom stereocenters. The maximum absolute atomic E-state index is 13.2. The Morgan fingerprint density at radius 2 is 1.89 bits per heavy atom. The summed E-state index contributed by atoms with van der Waals surface area (Å²) >= 11 is 6.30. The molecule has 35 heavy (non-hydrogen) atoms. The van der Waals surface area contributed by atoms with Gasteiger partial charge in [0, 0.05) is 35.6 Å². The maximum Gasteiger partial charge on any atom is 0.414 e. The second-order valence-electron chi connectivity index (χ2n) is 9.35. The van der Waals surface area contributed by atoms with Crippen LogP contribution in [0.1, 0.15) is 56.8 Å². The van der Waals surface area contributed by atoms with Gasteiger partial charge in [-0.15, -0.1) is 0 Å². The van der Waals surface area contributed by atoms with E-state index in [1.54, 1.807) is 68.4 Å². The minimum Gasteiger partial charge on any atom is -0.492 e. The summed E-state index contributed by atoms with van der Waals surface area (Å²) in [5.41, 5.74) is 0.396. The molecule has 0 radical (unpaired) electrons. The Bertz CT molecular complexity index is 1060. The fraction of sp³-hybridized carbons (Fsp3) is 0.462. The first-order chi connectivity index (χ1) is 16.7. The number of hydrogen-bond acceptors (Lipinski definition) is 6. The van der Waals surface area contributed by atoms with Crippen molar-refractivity contribution in [1.29, 1.82) is 5.26 Å². The summed E-state index contributed by atoms with van der Waals surface area (Å²) in [4.78, 5) is 33.2. The second kappa shape index (κ2) is 11.9. The van der Waals surface area contributed by atoms with Crippen molar-refractivity contribution in [3.8, 4) is 11.8 Å². The van der Waals surface area contributed by atoms with E-state index in [1.807, 2.05) is 0 Å². The van der Waals surface area contributed by atoms with E-state index in [4.69, 9.17) is 26.3 Å². The first-order valence-corrected chi connectivity index (χ1v) is 12.1. The van der Waals surface area contributed by atoms with Crippen molar-refractivity contribution in [2.24, 2.45) is 0 Å². The van der Waals surface area contributed by atoms with E-state index >= 15 is 0 Å². The van der Waals surface area contributed by atoms with Gasteiger partial charge in [-0.3, -0.25) is 14.7 Å². The number of ether oxygens (including phenoxy) is 2. The smallest absolute Gasteiger partial charge is 0.414 e. The van der Waals surface area contributed by atoms with E-state index in [1.165, 1.54) is 4.90 Å². The van der Waals surface area contributed by atoms with Crippen LogP contribution in [0.25, 0.3) is 0 Å². The predicted octanol–water partition coefficient (Wildman–Crippen LogP) is 5.46. The normalized spacial score (nSPS) is 13.3. The lowest BCUT2D eigenvalue weighted by Crippen LogP contribution is -2.44. The number of rotatable bonds is 9. The third-order valence-corrected chi connectivity index (χ3v) is 5.75. The number of carbonyl (C=O) groups excluding carboxylic acids is 2. The number of benzene rings is 1. The van der Waals surface area contributed by atoms with E-state index in [0.29, 0.717) is 28.6 Å². The second-order valence-corrected chi connectivity index (χ2v) is 9.79. The van der Waals surface area contributed by atoms with Crippen molar-refractivity contribution in [2.75, 3.05) is 24.6 Å². The van der Waals surface area contributed by atoms with Crippen molar-refractivity contribution in [1.82, 2.24) is 9.88 Å². The first kappa shape index (κ1) is 26.3. The number of hydrogen-bond donors (Lipinski definition) is 0. The SMILES string of the molecule is CC(C)(C)OC(=O)N(CCOc1cc(Cl)cc(C(=O)N(CCC#N)C2CCC2)c1)c1ccncc1. The molecule has 1 aromatic heterocycles. The lowest BCUT2D eigenvalue weighted by atomic mass is 9.90. The maximum atomic E-state index is 13.2. The van der Waals surface area contributed by atoms with E-state index in [0.717, 1.165) is 19.3 Å². The largest absolute Gasteiger partial charge is 0.492 e. The van der Waals surface area contributed by atoms with E-state index in [9.17, 15) is 9.59 Å². The van der Waals surface area contributed by atoms with Crippen LogP contribution in [0.2, 0.25) is 5.02 Å². The molecule has 0 saturated heterocycles. The topological polar surface area (TPSA) is 95.8 Å². The number of amides is 2. The van der Waals surface area contributed by atoms with Gasteiger partial charge in [0.1, 0.15) is 18.0 Å². The Morgan fingerprint density at radius 3 is 2.49 bits per heavy atom. The average molecular weight is 499 g/mol. The van der Waals surface area contributed by atoms with Gasteiger partial charge in [-0.1, -0.05) is 11.6 Å². The van der Waals surface area contributed by atoms with Gasteiger partial charge < -0.3 is 14.4 Å². The highest BCUT2D eigenvalue weighted by atomic mass is 35.5. The summed E-state index contributed by atoms with van der Waals surface area (Å²) in [6.45, 7) is 6.17. The van der Waals surface area contributed by atoms with Crippen LogP contribution in [-0.2, 0) is 4.74 Å². The van der Waals surface area contributed by atoms with Crippen LogP contribution >= 0.6 is 11.6 Å². The molecule has 1 heterocycles. The number of nitriles is 1. The number of halogens is 1. The summed E-state index contributed by atoms with van der Waals surface area (Å²) in [6.07, 6.45) is 5.94. The van der Waals surface area contributed by atoms with Gasteiger partial charge in [-0.2, -0.15) is 5.26 Å². The molecular formula is C26H31ClN4O4. The first-order valence-electron chi connectivity index (χ1n) is 11.7. The van der Waals surface area contributed by atoms with Gasteiger partial charge in [0.25, 0.3) is 5.91 Å². The number of anilines is 1. The van der Waals surface area contributed by atoms with Crippen molar-refractivity contribution >= 4 is 29.3 Å². The third kappa shape index (κ3) is 7.59. The van der Waals surface area contributed by atoms with Gasteiger partial charge in [0.05, 0.1) is 24.7 Å². The molecule has 0 bridgehead atoms. The molecule has 186 valence electrons. The van der Waals surface area contributed by atoms with Crippen molar-refractivity contribution in [3.05, 3.63) is 53.3 Å². The molecule has 0 spiro atoms. The number of carbonyl (C=O) groups is 2. The van der Waals surface area contributed by atoms with Gasteiger partial charge in [0.15, 0.2) is 0 Å². The molecule has 1 fully saturated rings. The average Bonchev–Trinajstić information content (AvgIpc) is 2.76. The Labute approximate surface area is 211 Å². The molecular weight excluding hydrogens is 468 g/mol. The molecule has 1 aromatic carbocycles. The zero-order chi connectivity index (χ0) is 25.4. The standard InChI is InChI=1S/C26H31ClN4O4/c1-26(2,3)35-25(33)31(22-8-11-29-12-9-22)14-15-34-23-17-19(16-20(27)18-23)24(32)30(13-5-10-28)21-6-4-7-21/h8-9,11-12,16-18,21H,4-7,13-15H2,1-3H3. The highest BCUT2D eigenvalue weighted by molar-refractivity contribution is 6.31. The molecule has 0 N–H and O–H groups in total. The third-order valence-electron chi connectivity index (χ3n) is 5.53. The van der Waals surface area contributed by atoms with Gasteiger partial charge in [0.2, 0.25) is 0 Å². The van der Waals surface area contributed by atoms with Gasteiger partial charge >= 0.3 is 6.09 Å². The zero-order valence-corrected chi connectivity index (χ0v) is 21.1. The fourth-order valence-corrected chi connectivity index (χ4v) is 3.90. The van der Waals surface area contributed by atoms with E-state index in [2.05, 4.69) is 11.1 Å². The van der Waals surface area contributed by atoms with Crippen LogP contribution in [-0.4, -0.2) is 53.2 Å². The van der Waals surface area contributed by atoms with Crippen LogP contribution < -0.4 is 9.64 Å². The number of pyridine rings is 1. The minimum atomic E-state index is -0.650. The van der Waals surface area contributed by atoms with Crippen molar-refractivity contribution in [2.45, 2.75) is 58.1 Å². The molecule has 2 amide bonds. The molecule has 0 atom stereocenters. The Morgan fingerprint density at radius 1 is 1.17 bits per heavy atom. The van der Waals surface area contributed by atoms with Crippen molar-refractivity contribution < 1.29 is 19.1 Å². The molecule has 1 aliphatic rings. The van der Waals surface area contributed by atoms with Gasteiger partial charge in [-0.25, -0.2) is 4.79 Å². The Balaban J connectivity index is 1.71. The lowest BCUT2D eigenvalue weighted by molar-refractivity contribution is 0.0571. The van der Waals surface area contributed by atoms with Crippen LogP contribution in [0.3, 0.4) is 0 Å². The molecule has 1 aliphatic carbocycles. The molecule has 3 rings (SSSR count). The van der Waals surface area contributed by atoms with Crippen LogP contribution in [0, 0.1) is 11.3 Å². The van der Waals surface area contributed by atoms with Crippen LogP contribution in [0.4, 0.5) is 10.5 Å². The number of aromatic nitrogens is 1. The Kier molecular flexibility index (Phi) is 8.94. The minimum absolute atomic E-state index is 0.149. The summed E-state index contributed by atoms with van der Waals surface area (Å²) < 4.78 is 11.4. The fourth-order valence-electron chi connectivity index (χ4n) is 3.68. The van der Waals surface area contributed by atoms with Crippen LogP contribution in [0.15, 0.2) is 42.7 Å². The lowest BCUT2D eigenvalue weighted by Gasteiger charge is -2.37. The van der Waals surface area contributed by atoms with E-state index in [-0.39, 0.29) is 31.5 Å². The quantitative estimate of drug-likeness (QED) is 0.455. The molecule has 0 aliphatic heterocycles. The predicted molar refractivity (Wildman–Crippen MR) is 134 cm³/mol. The van der Waals surface area contributed by atoms with Crippen LogP contribution in [0.5, 0.6) is 5.75 Å². The van der Waals surface area contributed by atoms with Gasteiger partial charge in [-0.05, 0) is 70.4 Å². The molecule has 2 aromatic rings. The summed E-state index contributed by atoms with van der Waals surface area (Å²) in [7, 11) is 0. The zero-order valence-electron chi connectivity index (χ0n) is 20.4. The van der Waals surface area contributed by atoms with E-state index < -0.39 is 11.7 Å². The monoisotopic (exact) mass is 498 g/mol. The highest BCUT2D eigenvalue weighted by Crippen LogP contribution is 2.29. The molecule has 9 heteroatoms. The highest BCUT2D eigenvalue weighted by Gasteiger charge is 2.29. The summed E-state index contributed by atoms with van der Waals surface area (Å²) in [6, 6.07) is 10.6. The summed E-state index contributed by atoms with van der Waals surface area (Å²) in [5, 5.41) is 9.36.